The molecule has 19 heavy (non-hydrogen) atoms. The van der Waals surface area contributed by atoms with Crippen LogP contribution in [0.25, 0.3) is 0 Å². The minimum absolute atomic E-state index is 0.137. The Morgan fingerprint density at radius 3 is 1.89 bits per heavy atom. The minimum Gasteiger partial charge on any atom is -0.342 e. The Morgan fingerprint density at radius 1 is 0.789 bits per heavy atom. The van der Waals surface area contributed by atoms with Crippen LogP contribution in [0.15, 0.2) is 0 Å². The van der Waals surface area contributed by atoms with Gasteiger partial charge in [-0.05, 0) is 12.8 Å². The number of rotatable bonds is 2. The molecule has 2 rings (SSSR count). The summed E-state index contributed by atoms with van der Waals surface area (Å²) in [6.45, 7) is 7.12. The lowest BCUT2D eigenvalue weighted by Crippen LogP contribution is -2.51. The summed E-state index contributed by atoms with van der Waals surface area (Å²) >= 11 is 0. The first-order valence-corrected chi connectivity index (χ1v) is 7.42. The predicted molar refractivity (Wildman–Crippen MR) is 73.7 cm³/mol. The van der Waals surface area contributed by atoms with Gasteiger partial charge in [0.2, 0.25) is 11.8 Å². The van der Waals surface area contributed by atoms with Gasteiger partial charge in [0.1, 0.15) is 0 Å². The van der Waals surface area contributed by atoms with Gasteiger partial charge in [0.25, 0.3) is 0 Å². The fraction of sp³-hybridized carbons (Fsp3) is 0.857. The second kappa shape index (κ2) is 6.89. The Kier molecular flexibility index (Phi) is 5.19. The number of carbonyl (C=O) groups excluding carboxylic acids is 2. The highest BCUT2D eigenvalue weighted by Crippen LogP contribution is 2.10. The molecule has 2 aliphatic heterocycles. The molecule has 0 aromatic carbocycles. The van der Waals surface area contributed by atoms with Crippen LogP contribution in [0.1, 0.15) is 32.6 Å². The van der Waals surface area contributed by atoms with Crippen molar-refractivity contribution in [1.29, 1.82) is 0 Å². The molecule has 0 aromatic heterocycles. The van der Waals surface area contributed by atoms with Crippen LogP contribution >= 0.6 is 0 Å². The van der Waals surface area contributed by atoms with Gasteiger partial charge in [-0.3, -0.25) is 14.5 Å². The van der Waals surface area contributed by atoms with Gasteiger partial charge in [0, 0.05) is 46.2 Å². The van der Waals surface area contributed by atoms with E-state index >= 15 is 0 Å². The van der Waals surface area contributed by atoms with Gasteiger partial charge in [-0.15, -0.1) is 0 Å². The van der Waals surface area contributed by atoms with Crippen LogP contribution in [0.4, 0.5) is 0 Å². The summed E-state index contributed by atoms with van der Waals surface area (Å²) in [6.07, 6.45) is 4.79. The zero-order valence-corrected chi connectivity index (χ0v) is 11.9. The fourth-order valence-electron chi connectivity index (χ4n) is 2.83. The van der Waals surface area contributed by atoms with Crippen LogP contribution in [0.2, 0.25) is 0 Å². The first-order chi connectivity index (χ1) is 9.16. The summed E-state index contributed by atoms with van der Waals surface area (Å²) in [7, 11) is 0. The molecule has 0 saturated carbocycles. The fourth-order valence-corrected chi connectivity index (χ4v) is 2.83. The maximum absolute atomic E-state index is 12.2. The molecule has 2 saturated heterocycles. The number of likely N-dealkylation sites (tertiary alicyclic amines) is 1. The van der Waals surface area contributed by atoms with Crippen LogP contribution in [-0.2, 0) is 9.59 Å². The maximum Gasteiger partial charge on any atom is 0.236 e. The van der Waals surface area contributed by atoms with E-state index in [9.17, 15) is 9.59 Å². The van der Waals surface area contributed by atoms with Crippen molar-refractivity contribution in [3.8, 4) is 0 Å². The lowest BCUT2D eigenvalue weighted by molar-refractivity contribution is -0.134. The van der Waals surface area contributed by atoms with E-state index < -0.39 is 0 Å². The summed E-state index contributed by atoms with van der Waals surface area (Å²) in [6, 6.07) is 0. The number of carbonyl (C=O) groups is 2. The van der Waals surface area contributed by atoms with Crippen molar-refractivity contribution in [3.05, 3.63) is 0 Å². The summed E-state index contributed by atoms with van der Waals surface area (Å²) in [4.78, 5) is 29.5. The molecule has 2 amide bonds. The molecule has 2 fully saturated rings. The van der Waals surface area contributed by atoms with E-state index in [4.69, 9.17) is 0 Å². The monoisotopic (exact) mass is 267 g/mol. The van der Waals surface area contributed by atoms with Gasteiger partial charge < -0.3 is 9.80 Å². The van der Waals surface area contributed by atoms with Gasteiger partial charge in [0.15, 0.2) is 0 Å². The largest absolute Gasteiger partial charge is 0.342 e. The van der Waals surface area contributed by atoms with Gasteiger partial charge in [-0.2, -0.15) is 0 Å². The third-order valence-corrected chi connectivity index (χ3v) is 4.14. The van der Waals surface area contributed by atoms with E-state index in [1.165, 1.54) is 12.8 Å². The number of nitrogens with zero attached hydrogens (tertiary/aromatic N) is 3. The predicted octanol–water partition coefficient (Wildman–Crippen LogP) is 0.553. The molecule has 0 aliphatic carbocycles. The smallest absolute Gasteiger partial charge is 0.236 e. The summed E-state index contributed by atoms with van der Waals surface area (Å²) < 4.78 is 0. The minimum atomic E-state index is 0.137. The molecular formula is C14H25N3O2. The molecule has 0 N–H and O–H groups in total. The van der Waals surface area contributed by atoms with Gasteiger partial charge in [-0.1, -0.05) is 12.8 Å². The zero-order chi connectivity index (χ0) is 13.7. The van der Waals surface area contributed by atoms with E-state index in [1.54, 1.807) is 6.92 Å². The average molecular weight is 267 g/mol. The summed E-state index contributed by atoms with van der Waals surface area (Å²) in [5.41, 5.74) is 0. The van der Waals surface area contributed by atoms with Crippen LogP contribution in [0.5, 0.6) is 0 Å². The van der Waals surface area contributed by atoms with Crippen molar-refractivity contribution in [1.82, 2.24) is 14.7 Å². The van der Waals surface area contributed by atoms with E-state index in [2.05, 4.69) is 4.90 Å². The van der Waals surface area contributed by atoms with E-state index in [-0.39, 0.29) is 11.8 Å². The van der Waals surface area contributed by atoms with Crippen LogP contribution in [0.3, 0.4) is 0 Å². The van der Waals surface area contributed by atoms with Crippen LogP contribution in [-0.4, -0.2) is 72.3 Å². The molecule has 108 valence electrons. The first-order valence-electron chi connectivity index (χ1n) is 7.42. The first kappa shape index (κ1) is 14.3. The third-order valence-electron chi connectivity index (χ3n) is 4.14. The van der Waals surface area contributed by atoms with E-state index in [0.29, 0.717) is 6.54 Å². The summed E-state index contributed by atoms with van der Waals surface area (Å²) in [5.74, 6) is 0.400. The molecule has 0 spiro atoms. The van der Waals surface area contributed by atoms with Crippen LogP contribution in [0, 0.1) is 0 Å². The quantitative estimate of drug-likeness (QED) is 0.734. The average Bonchev–Trinajstić information content (AvgIpc) is 2.68. The van der Waals surface area contributed by atoms with Crippen molar-refractivity contribution >= 4 is 11.8 Å². The number of piperazine rings is 1. The molecule has 0 aromatic rings. The van der Waals surface area contributed by atoms with Gasteiger partial charge >= 0.3 is 0 Å². The highest BCUT2D eigenvalue weighted by atomic mass is 16.2. The van der Waals surface area contributed by atoms with E-state index in [0.717, 1.165) is 52.1 Å². The standard InChI is InChI=1S/C14H25N3O2/c1-13(18)16-10-8-15(9-11-16)12-14(19)17-6-4-2-3-5-7-17/h2-12H2,1H3. The zero-order valence-electron chi connectivity index (χ0n) is 11.9. The molecule has 0 atom stereocenters. The van der Waals surface area contributed by atoms with Crippen molar-refractivity contribution in [2.24, 2.45) is 0 Å². The lowest BCUT2D eigenvalue weighted by Gasteiger charge is -2.34. The molecule has 2 heterocycles. The van der Waals surface area contributed by atoms with Gasteiger partial charge in [-0.25, -0.2) is 0 Å². The highest BCUT2D eigenvalue weighted by Gasteiger charge is 2.22. The molecule has 0 unspecified atom stereocenters. The van der Waals surface area contributed by atoms with E-state index in [1.807, 2.05) is 9.80 Å². The molecule has 0 radical (unpaired) electrons. The number of hydrogen-bond donors (Lipinski definition) is 0. The van der Waals surface area contributed by atoms with Crippen molar-refractivity contribution in [2.45, 2.75) is 32.6 Å². The SMILES string of the molecule is CC(=O)N1CCN(CC(=O)N2CCCCCC2)CC1. The third kappa shape index (κ3) is 4.20. The second-order valence-corrected chi connectivity index (χ2v) is 5.58. The molecule has 2 aliphatic rings. The van der Waals surface area contributed by atoms with Crippen molar-refractivity contribution in [3.63, 3.8) is 0 Å². The number of amides is 2. The topological polar surface area (TPSA) is 43.9 Å². The normalized spacial score (nSPS) is 22.2. The molecular weight excluding hydrogens is 242 g/mol. The van der Waals surface area contributed by atoms with Crippen molar-refractivity contribution < 1.29 is 9.59 Å². The Morgan fingerprint density at radius 2 is 1.37 bits per heavy atom. The van der Waals surface area contributed by atoms with Gasteiger partial charge in [0.05, 0.1) is 6.54 Å². The Hall–Kier alpha value is -1.10. The lowest BCUT2D eigenvalue weighted by atomic mass is 10.2. The van der Waals surface area contributed by atoms with Crippen LogP contribution < -0.4 is 0 Å². The maximum atomic E-state index is 12.2. The Balaban J connectivity index is 1.75. The second-order valence-electron chi connectivity index (χ2n) is 5.58. The Labute approximate surface area is 115 Å². The van der Waals surface area contributed by atoms with Crippen molar-refractivity contribution in [2.75, 3.05) is 45.8 Å². The molecule has 5 nitrogen and oxygen atoms in total. The molecule has 5 heteroatoms. The summed E-state index contributed by atoms with van der Waals surface area (Å²) in [5, 5.41) is 0. The highest BCUT2D eigenvalue weighted by molar-refractivity contribution is 5.78. The molecule has 0 bridgehead atoms. The Bertz CT molecular complexity index is 317. The number of hydrogen-bond acceptors (Lipinski definition) is 3.